The fourth-order valence-electron chi connectivity index (χ4n) is 3.92. The number of aromatic carboxylic acids is 4. The van der Waals surface area contributed by atoms with Crippen LogP contribution in [0.3, 0.4) is 0 Å². The Labute approximate surface area is 253 Å². The molecular formula is C24H14F14N2O8. The third kappa shape index (κ3) is 7.10. The number of aromatic nitrogens is 2. The molecule has 0 aliphatic heterocycles. The number of aromatic amines is 1. The molecule has 0 amide bonds. The van der Waals surface area contributed by atoms with Crippen molar-refractivity contribution in [3.8, 4) is 0 Å². The number of carbonyl (C=O) groups is 4. The van der Waals surface area contributed by atoms with Gasteiger partial charge in [0.2, 0.25) is 0 Å². The van der Waals surface area contributed by atoms with Gasteiger partial charge in [-0.15, -0.1) is 0 Å². The van der Waals surface area contributed by atoms with E-state index in [1.165, 1.54) is 16.7 Å². The van der Waals surface area contributed by atoms with Crippen LogP contribution in [0.5, 0.6) is 0 Å². The first-order valence-corrected chi connectivity index (χ1v) is 11.8. The molecular weight excluding hydrogens is 710 g/mol. The van der Waals surface area contributed by atoms with E-state index >= 15 is 0 Å². The maximum atomic E-state index is 13.7. The SMILES string of the molecule is O=C(O)c1[nH]c(C(=O)O)c(CC(F)(F)C(F)(F)C(F)(F)F)c1CC(F)(F)C(F)(F)C(F)(F)F.O=C(O)c1ccc2cccn2c1C(=O)O. The van der Waals surface area contributed by atoms with Gasteiger partial charge in [-0.1, -0.05) is 0 Å². The van der Waals surface area contributed by atoms with Crippen LogP contribution in [0.4, 0.5) is 61.5 Å². The van der Waals surface area contributed by atoms with Crippen LogP contribution in [0, 0.1) is 0 Å². The molecule has 3 heterocycles. The van der Waals surface area contributed by atoms with E-state index in [1.807, 2.05) is 0 Å². The van der Waals surface area contributed by atoms with Gasteiger partial charge in [0.1, 0.15) is 17.1 Å². The summed E-state index contributed by atoms with van der Waals surface area (Å²) in [6.07, 6.45) is -18.9. The molecule has 0 aliphatic carbocycles. The minimum absolute atomic E-state index is 0.216. The van der Waals surface area contributed by atoms with E-state index in [9.17, 15) is 80.6 Å². The lowest BCUT2D eigenvalue weighted by molar-refractivity contribution is -0.355. The molecule has 266 valence electrons. The molecule has 0 aliphatic rings. The van der Waals surface area contributed by atoms with Crippen molar-refractivity contribution < 1.29 is 101 Å². The molecule has 0 spiro atoms. The number of rotatable bonds is 10. The summed E-state index contributed by atoms with van der Waals surface area (Å²) in [6, 6.07) is 6.22. The smallest absolute Gasteiger partial charge is 0.459 e. The number of hydrogen-bond acceptors (Lipinski definition) is 4. The standard InChI is InChI=1S/C14H7F14NO4.C10H7NO4/c15-9(16,11(19,20)13(23,24)25)1-3-4(6(8(32)33)29-5(3)7(30)31)2-10(17,18)12(21,22)14(26,27)28;12-9(13)7-4-3-6-2-1-5-11(6)8(7)10(14)15/h29H,1-2H2,(H,30,31)(H,32,33);1-5H,(H,12,13)(H,14,15). The van der Waals surface area contributed by atoms with E-state index in [4.69, 9.17) is 20.4 Å². The van der Waals surface area contributed by atoms with Crippen molar-refractivity contribution in [2.75, 3.05) is 0 Å². The fraction of sp³-hybridized carbons (Fsp3) is 0.333. The lowest BCUT2D eigenvalue weighted by Crippen LogP contribution is -2.54. The largest absolute Gasteiger partial charge is 0.478 e. The Morgan fingerprint density at radius 1 is 0.583 bits per heavy atom. The zero-order chi connectivity index (χ0) is 37.6. The topological polar surface area (TPSA) is 169 Å². The van der Waals surface area contributed by atoms with Crippen LogP contribution in [0.15, 0.2) is 30.5 Å². The number of pyridine rings is 1. The van der Waals surface area contributed by atoms with Gasteiger partial charge in [-0.05, 0) is 35.4 Å². The highest BCUT2D eigenvalue weighted by atomic mass is 19.4. The molecule has 3 aromatic rings. The Balaban J connectivity index is 0.000000439. The number of nitrogens with one attached hydrogen (secondary N) is 1. The quantitative estimate of drug-likeness (QED) is 0.148. The zero-order valence-corrected chi connectivity index (χ0v) is 22.5. The van der Waals surface area contributed by atoms with Gasteiger partial charge >= 0.3 is 59.9 Å². The minimum atomic E-state index is -7.03. The predicted molar refractivity (Wildman–Crippen MR) is 125 cm³/mol. The molecule has 0 radical (unpaired) electrons. The zero-order valence-electron chi connectivity index (χ0n) is 22.5. The van der Waals surface area contributed by atoms with E-state index in [2.05, 4.69) is 0 Å². The summed E-state index contributed by atoms with van der Waals surface area (Å²) in [4.78, 5) is 45.0. The Bertz CT molecular complexity index is 1670. The van der Waals surface area contributed by atoms with E-state index in [0.29, 0.717) is 5.52 Å². The molecule has 0 unspecified atom stereocenters. The second-order valence-corrected chi connectivity index (χ2v) is 9.36. The number of hydrogen-bond donors (Lipinski definition) is 5. The van der Waals surface area contributed by atoms with Crippen molar-refractivity contribution in [2.24, 2.45) is 0 Å². The van der Waals surface area contributed by atoms with Gasteiger partial charge in [0.25, 0.3) is 0 Å². The predicted octanol–water partition coefficient (Wildman–Crippen LogP) is 6.50. The monoisotopic (exact) mass is 724 g/mol. The normalized spacial score (nSPS) is 13.2. The summed E-state index contributed by atoms with van der Waals surface area (Å²) in [7, 11) is 0. The van der Waals surface area contributed by atoms with Crippen molar-refractivity contribution in [3.63, 3.8) is 0 Å². The number of fused-ring (bicyclic) bond motifs is 1. The third-order valence-electron chi connectivity index (χ3n) is 6.20. The molecule has 48 heavy (non-hydrogen) atoms. The summed E-state index contributed by atoms with van der Waals surface area (Å²) in [5.74, 6) is -34.5. The first kappa shape index (κ1) is 39.1. The Kier molecular flexibility index (Phi) is 10.2. The highest BCUT2D eigenvalue weighted by Gasteiger charge is 2.74. The number of nitrogens with zero attached hydrogens (tertiary/aromatic N) is 1. The van der Waals surface area contributed by atoms with Gasteiger partial charge in [-0.2, -0.15) is 61.5 Å². The van der Waals surface area contributed by atoms with Gasteiger partial charge in [0.05, 0.1) is 5.56 Å². The summed E-state index contributed by atoms with van der Waals surface area (Å²) in [6.45, 7) is 0. The van der Waals surface area contributed by atoms with E-state index in [1.54, 1.807) is 18.2 Å². The van der Waals surface area contributed by atoms with E-state index in [-0.39, 0.29) is 11.3 Å². The third-order valence-corrected chi connectivity index (χ3v) is 6.20. The first-order chi connectivity index (χ1) is 21.4. The van der Waals surface area contributed by atoms with Crippen LogP contribution < -0.4 is 0 Å². The van der Waals surface area contributed by atoms with Crippen molar-refractivity contribution in [3.05, 3.63) is 64.2 Å². The molecule has 0 saturated heterocycles. The average Bonchev–Trinajstić information content (AvgIpc) is 3.51. The van der Waals surface area contributed by atoms with Gasteiger partial charge in [-0.3, -0.25) is 0 Å². The molecule has 3 rings (SSSR count). The van der Waals surface area contributed by atoms with Gasteiger partial charge in [0, 0.05) is 24.6 Å². The molecule has 10 nitrogen and oxygen atoms in total. The number of H-pyrrole nitrogens is 1. The molecule has 0 aromatic carbocycles. The van der Waals surface area contributed by atoms with Crippen LogP contribution in [0.25, 0.3) is 5.52 Å². The van der Waals surface area contributed by atoms with Crippen molar-refractivity contribution in [1.29, 1.82) is 0 Å². The van der Waals surface area contributed by atoms with Crippen LogP contribution in [-0.4, -0.2) is 89.7 Å². The number of carboxylic acids is 4. The van der Waals surface area contributed by atoms with Crippen LogP contribution in [-0.2, 0) is 12.8 Å². The highest BCUT2D eigenvalue weighted by Crippen LogP contribution is 2.51. The molecule has 0 bridgehead atoms. The molecule has 24 heteroatoms. The molecule has 0 atom stereocenters. The minimum Gasteiger partial charge on any atom is -0.478 e. The van der Waals surface area contributed by atoms with Gasteiger partial charge < -0.3 is 29.8 Å². The van der Waals surface area contributed by atoms with Crippen molar-refractivity contribution in [2.45, 2.75) is 48.9 Å². The summed E-state index contributed by atoms with van der Waals surface area (Å²) >= 11 is 0. The average molecular weight is 724 g/mol. The van der Waals surface area contributed by atoms with Crippen molar-refractivity contribution >= 4 is 29.4 Å². The number of halogens is 14. The Morgan fingerprint density at radius 2 is 0.979 bits per heavy atom. The lowest BCUT2D eigenvalue weighted by atomic mass is 9.92. The second-order valence-electron chi connectivity index (χ2n) is 9.36. The van der Waals surface area contributed by atoms with E-state index in [0.717, 1.165) is 4.98 Å². The van der Waals surface area contributed by atoms with Crippen molar-refractivity contribution in [1.82, 2.24) is 9.38 Å². The first-order valence-electron chi connectivity index (χ1n) is 11.8. The summed E-state index contributed by atoms with van der Waals surface area (Å²) in [5, 5.41) is 35.5. The van der Waals surface area contributed by atoms with Crippen LogP contribution in [0.2, 0.25) is 0 Å². The Morgan fingerprint density at radius 3 is 1.29 bits per heavy atom. The fourth-order valence-corrected chi connectivity index (χ4v) is 3.92. The van der Waals surface area contributed by atoms with Crippen LogP contribution >= 0.6 is 0 Å². The second kappa shape index (κ2) is 12.5. The molecule has 0 fully saturated rings. The maximum absolute atomic E-state index is 13.7. The molecule has 0 saturated carbocycles. The van der Waals surface area contributed by atoms with Gasteiger partial charge in [-0.25, -0.2) is 19.2 Å². The lowest BCUT2D eigenvalue weighted by Gasteiger charge is -2.30. The summed E-state index contributed by atoms with van der Waals surface area (Å²) in [5.41, 5.74) is -8.44. The summed E-state index contributed by atoms with van der Waals surface area (Å²) < 4.78 is 183. The van der Waals surface area contributed by atoms with E-state index < -0.39 is 95.3 Å². The molecule has 5 N–H and O–H groups in total. The maximum Gasteiger partial charge on any atom is 0.459 e. The number of alkyl halides is 14. The highest BCUT2D eigenvalue weighted by molar-refractivity contribution is 6.01. The van der Waals surface area contributed by atoms with Gasteiger partial charge in [0.15, 0.2) is 0 Å². The molecule has 3 aromatic heterocycles. The van der Waals surface area contributed by atoms with Crippen LogP contribution in [0.1, 0.15) is 53.0 Å². The number of carboxylic acid groups (broad SMARTS) is 4. The Hall–Kier alpha value is -5.06.